The van der Waals surface area contributed by atoms with Crippen LogP contribution in [0.25, 0.3) is 0 Å². The highest BCUT2D eigenvalue weighted by Gasteiger charge is 2.37. The summed E-state index contributed by atoms with van der Waals surface area (Å²) in [6.07, 6.45) is 3.10. The van der Waals surface area contributed by atoms with Crippen LogP contribution in [0.3, 0.4) is 0 Å². The lowest BCUT2D eigenvalue weighted by molar-refractivity contribution is -0.124. The van der Waals surface area contributed by atoms with Gasteiger partial charge in [-0.1, -0.05) is 18.2 Å². The number of methoxy groups -OCH3 is 1. The fraction of sp³-hybridized carbons (Fsp3) is 0.467. The highest BCUT2D eigenvalue weighted by molar-refractivity contribution is 5.91. The lowest BCUT2D eigenvalue weighted by Gasteiger charge is -2.40. The number of ether oxygens (including phenoxy) is 1. The number of hydrogen-bond donors (Lipinski definition) is 2. The summed E-state index contributed by atoms with van der Waals surface area (Å²) < 4.78 is 5.43. The fourth-order valence-corrected chi connectivity index (χ4v) is 2.40. The average molecular weight is 277 g/mol. The van der Waals surface area contributed by atoms with Crippen LogP contribution in [-0.4, -0.2) is 36.2 Å². The van der Waals surface area contributed by atoms with Crippen LogP contribution in [0, 0.1) is 0 Å². The first-order valence-electron chi connectivity index (χ1n) is 6.69. The lowest BCUT2D eigenvalue weighted by atomic mass is 9.80. The highest BCUT2D eigenvalue weighted by Crippen LogP contribution is 2.34. The molecule has 1 saturated carbocycles. The minimum absolute atomic E-state index is 0.0717. The third-order valence-corrected chi connectivity index (χ3v) is 3.90. The third-order valence-electron chi connectivity index (χ3n) is 3.90. The molecule has 1 aliphatic rings. The average Bonchev–Trinajstić information content (AvgIpc) is 2.38. The topological polar surface area (TPSA) is 75.6 Å². The molecule has 108 valence electrons. The molecule has 0 saturated heterocycles. The van der Waals surface area contributed by atoms with Crippen LogP contribution < -0.4 is 5.32 Å². The maximum atomic E-state index is 11.9. The molecule has 1 aromatic carbocycles. The van der Waals surface area contributed by atoms with Crippen LogP contribution in [0.15, 0.2) is 24.3 Å². The zero-order valence-corrected chi connectivity index (χ0v) is 11.5. The van der Waals surface area contributed by atoms with Gasteiger partial charge in [0.1, 0.15) is 0 Å². The molecular formula is C15H19NO4. The van der Waals surface area contributed by atoms with E-state index in [1.165, 1.54) is 6.07 Å². The molecule has 0 unspecified atom stereocenters. The van der Waals surface area contributed by atoms with Crippen molar-refractivity contribution in [2.75, 3.05) is 13.7 Å². The van der Waals surface area contributed by atoms with E-state index in [1.807, 2.05) is 0 Å². The number of carbonyl (C=O) groups excluding carboxylic acids is 1. The molecule has 1 fully saturated rings. The quantitative estimate of drug-likeness (QED) is 0.828. The Morgan fingerprint density at radius 1 is 1.35 bits per heavy atom. The minimum atomic E-state index is -1.01. The number of aromatic carboxylic acids is 1. The van der Waals surface area contributed by atoms with Crippen LogP contribution in [0.2, 0.25) is 0 Å². The SMILES string of the molecule is COC1(CNC(=O)Cc2ccccc2C(=O)O)CCC1. The second-order valence-electron chi connectivity index (χ2n) is 5.16. The van der Waals surface area contributed by atoms with Crippen LogP contribution in [0.5, 0.6) is 0 Å². The van der Waals surface area contributed by atoms with Crippen molar-refractivity contribution in [2.45, 2.75) is 31.3 Å². The number of hydrogen-bond acceptors (Lipinski definition) is 3. The Bertz CT molecular complexity index is 503. The molecule has 20 heavy (non-hydrogen) atoms. The standard InChI is InChI=1S/C15H19NO4/c1-20-15(7-4-8-15)10-16-13(17)9-11-5-2-3-6-12(11)14(18)19/h2-3,5-6H,4,7-10H2,1H3,(H,16,17)(H,18,19). The van der Waals surface area contributed by atoms with E-state index in [-0.39, 0.29) is 23.5 Å². The van der Waals surface area contributed by atoms with E-state index in [0.29, 0.717) is 12.1 Å². The Hall–Kier alpha value is -1.88. The van der Waals surface area contributed by atoms with Gasteiger partial charge >= 0.3 is 5.97 Å². The maximum absolute atomic E-state index is 11.9. The van der Waals surface area contributed by atoms with Gasteiger partial charge in [0.15, 0.2) is 0 Å². The van der Waals surface area contributed by atoms with Crippen molar-refractivity contribution in [3.63, 3.8) is 0 Å². The Kier molecular flexibility index (Phi) is 4.39. The van der Waals surface area contributed by atoms with E-state index in [2.05, 4.69) is 5.32 Å². The summed E-state index contributed by atoms with van der Waals surface area (Å²) in [5.41, 5.74) is 0.479. The molecule has 1 aromatic rings. The first-order chi connectivity index (χ1) is 9.56. The number of nitrogens with one attached hydrogen (secondary N) is 1. The van der Waals surface area contributed by atoms with E-state index < -0.39 is 5.97 Å². The molecule has 0 atom stereocenters. The summed E-state index contributed by atoms with van der Waals surface area (Å²) in [7, 11) is 1.66. The second-order valence-corrected chi connectivity index (χ2v) is 5.16. The van der Waals surface area contributed by atoms with Crippen molar-refractivity contribution in [1.82, 2.24) is 5.32 Å². The predicted molar refractivity (Wildman–Crippen MR) is 73.7 cm³/mol. The largest absolute Gasteiger partial charge is 0.478 e. The van der Waals surface area contributed by atoms with Crippen molar-refractivity contribution < 1.29 is 19.4 Å². The number of rotatable bonds is 6. The van der Waals surface area contributed by atoms with Crippen molar-refractivity contribution in [3.05, 3.63) is 35.4 Å². The molecule has 1 amide bonds. The van der Waals surface area contributed by atoms with Gasteiger partial charge in [0, 0.05) is 13.7 Å². The minimum Gasteiger partial charge on any atom is -0.478 e. The van der Waals surface area contributed by atoms with Gasteiger partial charge in [-0.15, -0.1) is 0 Å². The van der Waals surface area contributed by atoms with Crippen molar-refractivity contribution in [3.8, 4) is 0 Å². The van der Waals surface area contributed by atoms with Gasteiger partial charge in [-0.2, -0.15) is 0 Å². The van der Waals surface area contributed by atoms with Crippen molar-refractivity contribution >= 4 is 11.9 Å². The number of carboxylic acids is 1. The number of benzene rings is 1. The molecule has 0 heterocycles. The summed E-state index contributed by atoms with van der Waals surface area (Å²) >= 11 is 0. The van der Waals surface area contributed by atoms with E-state index >= 15 is 0 Å². The molecule has 5 nitrogen and oxygen atoms in total. The van der Waals surface area contributed by atoms with Crippen LogP contribution in [0.1, 0.15) is 35.2 Å². The third kappa shape index (κ3) is 3.17. The fourth-order valence-electron chi connectivity index (χ4n) is 2.40. The molecule has 5 heteroatoms. The molecule has 0 bridgehead atoms. The summed E-state index contributed by atoms with van der Waals surface area (Å²) in [5.74, 6) is -1.19. The molecular weight excluding hydrogens is 258 g/mol. The van der Waals surface area contributed by atoms with Gasteiger partial charge in [-0.25, -0.2) is 4.79 Å². The van der Waals surface area contributed by atoms with Gasteiger partial charge in [0.25, 0.3) is 0 Å². The van der Waals surface area contributed by atoms with E-state index in [9.17, 15) is 9.59 Å². The zero-order valence-electron chi connectivity index (χ0n) is 11.5. The highest BCUT2D eigenvalue weighted by atomic mass is 16.5. The molecule has 0 aliphatic heterocycles. The van der Waals surface area contributed by atoms with Gasteiger partial charge in [-0.3, -0.25) is 4.79 Å². The number of carboxylic acid groups (broad SMARTS) is 1. The first kappa shape index (κ1) is 14.5. The van der Waals surface area contributed by atoms with Crippen molar-refractivity contribution in [1.29, 1.82) is 0 Å². The van der Waals surface area contributed by atoms with Crippen LogP contribution in [-0.2, 0) is 16.0 Å². The number of amides is 1. The summed E-state index contributed by atoms with van der Waals surface area (Å²) in [6, 6.07) is 6.56. The molecule has 0 radical (unpaired) electrons. The molecule has 0 spiro atoms. The molecule has 0 aromatic heterocycles. The first-order valence-corrected chi connectivity index (χ1v) is 6.69. The Morgan fingerprint density at radius 3 is 2.60 bits per heavy atom. The molecule has 2 rings (SSSR count). The Labute approximate surface area is 117 Å². The van der Waals surface area contributed by atoms with Gasteiger partial charge in [-0.05, 0) is 30.9 Å². The Morgan fingerprint density at radius 2 is 2.05 bits per heavy atom. The van der Waals surface area contributed by atoms with Crippen LogP contribution in [0.4, 0.5) is 0 Å². The normalized spacial score (nSPS) is 16.2. The van der Waals surface area contributed by atoms with Gasteiger partial charge in [0.2, 0.25) is 5.91 Å². The van der Waals surface area contributed by atoms with Crippen molar-refractivity contribution in [2.24, 2.45) is 0 Å². The van der Waals surface area contributed by atoms with E-state index in [4.69, 9.17) is 9.84 Å². The predicted octanol–water partition coefficient (Wildman–Crippen LogP) is 1.61. The van der Waals surface area contributed by atoms with Gasteiger partial charge in [0.05, 0.1) is 17.6 Å². The Balaban J connectivity index is 1.93. The molecule has 1 aliphatic carbocycles. The summed E-state index contributed by atoms with van der Waals surface area (Å²) in [4.78, 5) is 23.0. The number of carbonyl (C=O) groups is 2. The van der Waals surface area contributed by atoms with Crippen LogP contribution >= 0.6 is 0 Å². The molecule has 2 N–H and O–H groups in total. The van der Waals surface area contributed by atoms with E-state index in [0.717, 1.165) is 19.3 Å². The van der Waals surface area contributed by atoms with E-state index in [1.54, 1.807) is 25.3 Å². The second kappa shape index (κ2) is 6.05. The summed E-state index contributed by atoms with van der Waals surface area (Å²) in [6.45, 7) is 0.484. The van der Waals surface area contributed by atoms with Gasteiger partial charge < -0.3 is 15.2 Å². The smallest absolute Gasteiger partial charge is 0.335 e. The summed E-state index contributed by atoms with van der Waals surface area (Å²) in [5, 5.41) is 11.9. The zero-order chi connectivity index (χ0) is 14.6. The monoisotopic (exact) mass is 277 g/mol. The lowest BCUT2D eigenvalue weighted by Crippen LogP contribution is -2.49. The maximum Gasteiger partial charge on any atom is 0.335 e.